The predicted octanol–water partition coefficient (Wildman–Crippen LogP) is 2.68. The number of benzene rings is 1. The number of ether oxygens (including phenoxy) is 1. The maximum Gasteiger partial charge on any atom is 0.305 e. The van der Waals surface area contributed by atoms with Crippen molar-refractivity contribution in [1.82, 2.24) is 9.97 Å². The van der Waals surface area contributed by atoms with Crippen LogP contribution in [0.5, 0.6) is 5.75 Å². The van der Waals surface area contributed by atoms with Crippen LogP contribution in [0.3, 0.4) is 0 Å². The van der Waals surface area contributed by atoms with Gasteiger partial charge in [-0.1, -0.05) is 11.6 Å². The molecule has 0 N–H and O–H groups in total. The van der Waals surface area contributed by atoms with Crippen molar-refractivity contribution < 1.29 is 9.66 Å². The Bertz CT molecular complexity index is 648. The average molecular weight is 309 g/mol. The molecule has 0 atom stereocenters. The largest absolute Gasteiger partial charge is 0.496 e. The minimum absolute atomic E-state index is 0.146. The summed E-state index contributed by atoms with van der Waals surface area (Å²) >= 11 is 5.98. The van der Waals surface area contributed by atoms with E-state index in [4.69, 9.17) is 16.3 Å². The fraction of sp³-hybridized carbons (Fsp3) is 0.231. The van der Waals surface area contributed by atoms with E-state index in [0.717, 1.165) is 5.56 Å². The molecule has 0 fully saturated rings. The molecule has 2 aromatic rings. The highest BCUT2D eigenvalue weighted by molar-refractivity contribution is 6.30. The number of aromatic nitrogens is 2. The van der Waals surface area contributed by atoms with Crippen molar-refractivity contribution in [2.45, 2.75) is 6.54 Å². The number of halogens is 1. The van der Waals surface area contributed by atoms with E-state index in [0.29, 0.717) is 23.3 Å². The van der Waals surface area contributed by atoms with Crippen molar-refractivity contribution in [2.75, 3.05) is 19.1 Å². The van der Waals surface area contributed by atoms with E-state index in [9.17, 15) is 10.1 Å². The van der Waals surface area contributed by atoms with Gasteiger partial charge in [-0.25, -0.2) is 9.97 Å². The van der Waals surface area contributed by atoms with Crippen molar-refractivity contribution in [3.63, 3.8) is 0 Å². The van der Waals surface area contributed by atoms with E-state index in [2.05, 4.69) is 9.97 Å². The first-order valence-electron chi connectivity index (χ1n) is 6.01. The van der Waals surface area contributed by atoms with Gasteiger partial charge in [0.25, 0.3) is 0 Å². The van der Waals surface area contributed by atoms with Crippen molar-refractivity contribution >= 4 is 23.2 Å². The van der Waals surface area contributed by atoms with E-state index >= 15 is 0 Å². The zero-order valence-electron chi connectivity index (χ0n) is 11.5. The summed E-state index contributed by atoms with van der Waals surface area (Å²) in [6, 6.07) is 5.32. The van der Waals surface area contributed by atoms with Gasteiger partial charge in [-0.2, -0.15) is 0 Å². The molecule has 0 aliphatic rings. The number of nitrogens with zero attached hydrogens (tertiary/aromatic N) is 4. The lowest BCUT2D eigenvalue weighted by molar-refractivity contribution is -0.385. The molecule has 0 radical (unpaired) electrons. The fourth-order valence-corrected chi connectivity index (χ4v) is 2.00. The van der Waals surface area contributed by atoms with Crippen molar-refractivity contribution in [3.8, 4) is 5.75 Å². The molecule has 8 heteroatoms. The van der Waals surface area contributed by atoms with Gasteiger partial charge in [0.1, 0.15) is 18.1 Å². The maximum atomic E-state index is 10.6. The number of nitro groups is 1. The lowest BCUT2D eigenvalue weighted by Crippen LogP contribution is -2.19. The molecule has 0 saturated carbocycles. The number of hydrogen-bond acceptors (Lipinski definition) is 6. The molecule has 1 aromatic carbocycles. The van der Waals surface area contributed by atoms with Gasteiger partial charge in [0.15, 0.2) is 0 Å². The highest BCUT2D eigenvalue weighted by Gasteiger charge is 2.12. The van der Waals surface area contributed by atoms with Crippen LogP contribution >= 0.6 is 11.6 Å². The summed E-state index contributed by atoms with van der Waals surface area (Å²) in [4.78, 5) is 19.7. The highest BCUT2D eigenvalue weighted by Crippen LogP contribution is 2.24. The van der Waals surface area contributed by atoms with Crippen LogP contribution in [0.15, 0.2) is 30.6 Å². The second kappa shape index (κ2) is 6.36. The third-order valence-electron chi connectivity index (χ3n) is 2.83. The third-order valence-corrected chi connectivity index (χ3v) is 3.06. The van der Waals surface area contributed by atoms with Gasteiger partial charge in [0.05, 0.1) is 12.0 Å². The molecule has 0 unspecified atom stereocenters. The van der Waals surface area contributed by atoms with Crippen molar-refractivity contribution in [2.24, 2.45) is 0 Å². The first-order chi connectivity index (χ1) is 10.0. The molecule has 110 valence electrons. The van der Waals surface area contributed by atoms with Crippen LogP contribution in [0, 0.1) is 10.1 Å². The van der Waals surface area contributed by atoms with Crippen molar-refractivity contribution in [3.05, 3.63) is 51.3 Å². The third kappa shape index (κ3) is 3.57. The summed E-state index contributed by atoms with van der Waals surface area (Å²) in [7, 11) is 3.36. The molecule has 1 aromatic heterocycles. The molecule has 2 rings (SSSR count). The Balaban J connectivity index is 2.19. The Morgan fingerprint density at radius 2 is 2.05 bits per heavy atom. The summed E-state index contributed by atoms with van der Waals surface area (Å²) in [6.45, 7) is 0.460. The number of rotatable bonds is 5. The summed E-state index contributed by atoms with van der Waals surface area (Å²) in [5, 5.41) is 11.2. The molecular weight excluding hydrogens is 296 g/mol. The van der Waals surface area contributed by atoms with Crippen LogP contribution in [-0.4, -0.2) is 29.0 Å². The average Bonchev–Trinajstić information content (AvgIpc) is 2.47. The quantitative estimate of drug-likeness (QED) is 0.624. The Labute approximate surface area is 126 Å². The highest BCUT2D eigenvalue weighted by atomic mass is 35.5. The summed E-state index contributed by atoms with van der Waals surface area (Å²) in [6.07, 6.45) is 2.35. The SMILES string of the molecule is COc1ccc(Cl)cc1CN(C)c1ncc([N+](=O)[O-])cn1. The summed E-state index contributed by atoms with van der Waals surface area (Å²) in [5.74, 6) is 1.08. The van der Waals surface area contributed by atoms with E-state index in [1.807, 2.05) is 0 Å². The van der Waals surface area contributed by atoms with Gasteiger partial charge in [0.2, 0.25) is 5.95 Å². The molecule has 0 aliphatic heterocycles. The molecule has 21 heavy (non-hydrogen) atoms. The van der Waals surface area contributed by atoms with E-state index in [1.165, 1.54) is 12.4 Å². The molecule has 7 nitrogen and oxygen atoms in total. The molecule has 1 heterocycles. The smallest absolute Gasteiger partial charge is 0.305 e. The first kappa shape index (κ1) is 15.0. The van der Waals surface area contributed by atoms with E-state index in [1.54, 1.807) is 37.3 Å². The Morgan fingerprint density at radius 1 is 1.38 bits per heavy atom. The fourth-order valence-electron chi connectivity index (χ4n) is 1.80. The minimum Gasteiger partial charge on any atom is -0.496 e. The first-order valence-corrected chi connectivity index (χ1v) is 6.39. The second-order valence-corrected chi connectivity index (χ2v) is 4.75. The van der Waals surface area contributed by atoms with Crippen LogP contribution in [0.4, 0.5) is 11.6 Å². The molecule has 0 bridgehead atoms. The summed E-state index contributed by atoms with van der Waals surface area (Å²) < 4.78 is 5.27. The van der Waals surface area contributed by atoms with Gasteiger partial charge in [-0.05, 0) is 18.2 Å². The Hall–Kier alpha value is -2.41. The number of hydrogen-bond donors (Lipinski definition) is 0. The van der Waals surface area contributed by atoms with Crippen LogP contribution in [0.2, 0.25) is 5.02 Å². The van der Waals surface area contributed by atoms with Crippen LogP contribution in [0.1, 0.15) is 5.56 Å². The molecule has 0 amide bonds. The van der Waals surface area contributed by atoms with Crippen molar-refractivity contribution in [1.29, 1.82) is 0 Å². The number of anilines is 1. The van der Waals surface area contributed by atoms with Crippen LogP contribution < -0.4 is 9.64 Å². The Morgan fingerprint density at radius 3 is 2.62 bits per heavy atom. The second-order valence-electron chi connectivity index (χ2n) is 4.31. The lowest BCUT2D eigenvalue weighted by atomic mass is 10.2. The monoisotopic (exact) mass is 308 g/mol. The normalized spacial score (nSPS) is 10.2. The van der Waals surface area contributed by atoms with Gasteiger partial charge >= 0.3 is 5.69 Å². The van der Waals surface area contributed by atoms with Crippen LogP contribution in [0.25, 0.3) is 0 Å². The van der Waals surface area contributed by atoms with Gasteiger partial charge in [-0.15, -0.1) is 0 Å². The van der Waals surface area contributed by atoms with Gasteiger partial charge < -0.3 is 9.64 Å². The maximum absolute atomic E-state index is 10.6. The Kier molecular flexibility index (Phi) is 4.54. The zero-order chi connectivity index (χ0) is 15.4. The van der Waals surface area contributed by atoms with E-state index in [-0.39, 0.29) is 5.69 Å². The molecular formula is C13H13ClN4O3. The minimum atomic E-state index is -0.538. The van der Waals surface area contributed by atoms with Crippen LogP contribution in [-0.2, 0) is 6.54 Å². The molecule has 0 saturated heterocycles. The lowest BCUT2D eigenvalue weighted by Gasteiger charge is -2.18. The molecule has 0 spiro atoms. The van der Waals surface area contributed by atoms with Gasteiger partial charge in [-0.3, -0.25) is 10.1 Å². The predicted molar refractivity (Wildman–Crippen MR) is 78.8 cm³/mol. The van der Waals surface area contributed by atoms with E-state index < -0.39 is 4.92 Å². The standard InChI is InChI=1S/C13H13ClN4O3/c1-17(13-15-6-11(7-16-13)18(19)20)8-9-5-10(14)3-4-12(9)21-2/h3-7H,8H2,1-2H3. The topological polar surface area (TPSA) is 81.4 Å². The van der Waals surface area contributed by atoms with Gasteiger partial charge in [0, 0.05) is 24.2 Å². The number of methoxy groups -OCH3 is 1. The zero-order valence-corrected chi connectivity index (χ0v) is 12.2. The molecule has 0 aliphatic carbocycles. The summed E-state index contributed by atoms with van der Waals surface area (Å²) in [5.41, 5.74) is 0.724.